The van der Waals surface area contributed by atoms with E-state index in [1.807, 2.05) is 81.4 Å². The molecule has 1 amide bonds. The van der Waals surface area contributed by atoms with Crippen LogP contribution in [-0.4, -0.2) is 23.5 Å². The highest BCUT2D eigenvalue weighted by atomic mass is 32.1. The van der Waals surface area contributed by atoms with Crippen LogP contribution >= 0.6 is 11.3 Å². The van der Waals surface area contributed by atoms with Gasteiger partial charge in [0.15, 0.2) is 0 Å². The van der Waals surface area contributed by atoms with E-state index in [0.717, 1.165) is 38.4 Å². The summed E-state index contributed by atoms with van der Waals surface area (Å²) in [6.45, 7) is 5.83. The predicted octanol–water partition coefficient (Wildman–Crippen LogP) is 5.75. The summed E-state index contributed by atoms with van der Waals surface area (Å²) in [5.74, 6) is 0.542. The second-order valence-corrected chi connectivity index (χ2v) is 9.35. The number of aromatic nitrogens is 1. The Morgan fingerprint density at radius 2 is 1.71 bits per heavy atom. The van der Waals surface area contributed by atoms with Crippen LogP contribution in [0.15, 0.2) is 60.7 Å². The molecule has 3 N–H and O–H groups in total. The number of nitrogens with one attached hydrogen (secondary N) is 1. The van der Waals surface area contributed by atoms with Crippen LogP contribution in [0.2, 0.25) is 0 Å². The molecule has 4 rings (SSSR count). The van der Waals surface area contributed by atoms with Crippen molar-refractivity contribution in [3.63, 3.8) is 0 Å². The SMILES string of the molecule is COc1ccccc1-c1cc(-c2ccccc2)nc2sc(C(=O)NC(C)(C)C)c(N)c12. The van der Waals surface area contributed by atoms with Crippen molar-refractivity contribution in [1.29, 1.82) is 0 Å². The lowest BCUT2D eigenvalue weighted by atomic mass is 9.98. The number of fused-ring (bicyclic) bond motifs is 1. The van der Waals surface area contributed by atoms with Gasteiger partial charge in [0, 0.05) is 22.1 Å². The molecule has 2 aromatic carbocycles. The Morgan fingerprint density at radius 1 is 1.03 bits per heavy atom. The van der Waals surface area contributed by atoms with Gasteiger partial charge >= 0.3 is 0 Å². The van der Waals surface area contributed by atoms with Crippen molar-refractivity contribution in [2.24, 2.45) is 0 Å². The zero-order valence-electron chi connectivity index (χ0n) is 18.0. The summed E-state index contributed by atoms with van der Waals surface area (Å²) in [5.41, 5.74) is 10.2. The van der Waals surface area contributed by atoms with E-state index in [9.17, 15) is 4.79 Å². The monoisotopic (exact) mass is 431 g/mol. The van der Waals surface area contributed by atoms with Crippen LogP contribution in [0.4, 0.5) is 5.69 Å². The molecule has 2 aromatic heterocycles. The number of nitrogens with two attached hydrogens (primary N) is 1. The normalized spacial score (nSPS) is 11.5. The molecule has 0 spiro atoms. The van der Waals surface area contributed by atoms with Gasteiger partial charge in [-0.15, -0.1) is 11.3 Å². The van der Waals surface area contributed by atoms with E-state index in [1.165, 1.54) is 11.3 Å². The number of ether oxygens (including phenoxy) is 1. The number of pyridine rings is 1. The third-order valence-electron chi connectivity index (χ3n) is 4.86. The lowest BCUT2D eigenvalue weighted by Gasteiger charge is -2.20. The molecular formula is C25H25N3O2S. The van der Waals surface area contributed by atoms with E-state index in [4.69, 9.17) is 15.5 Å². The van der Waals surface area contributed by atoms with Crippen molar-refractivity contribution in [3.05, 3.63) is 65.5 Å². The summed E-state index contributed by atoms with van der Waals surface area (Å²) in [4.78, 5) is 19.0. The number of carbonyl (C=O) groups is 1. The second-order valence-electron chi connectivity index (χ2n) is 8.35. The topological polar surface area (TPSA) is 77.2 Å². The number of anilines is 1. The van der Waals surface area contributed by atoms with Crippen molar-refractivity contribution in [1.82, 2.24) is 10.3 Å². The first-order valence-corrected chi connectivity index (χ1v) is 10.8. The molecule has 0 unspecified atom stereocenters. The Hall–Kier alpha value is -3.38. The predicted molar refractivity (Wildman–Crippen MR) is 129 cm³/mol. The third-order valence-corrected chi connectivity index (χ3v) is 5.96. The van der Waals surface area contributed by atoms with E-state index in [2.05, 4.69) is 5.32 Å². The van der Waals surface area contributed by atoms with Gasteiger partial charge < -0.3 is 15.8 Å². The lowest BCUT2D eigenvalue weighted by molar-refractivity contribution is 0.0924. The lowest BCUT2D eigenvalue weighted by Crippen LogP contribution is -2.40. The van der Waals surface area contributed by atoms with Gasteiger partial charge in [0.25, 0.3) is 5.91 Å². The number of rotatable bonds is 4. The van der Waals surface area contributed by atoms with E-state index >= 15 is 0 Å². The smallest absolute Gasteiger partial charge is 0.263 e. The number of hydrogen-bond donors (Lipinski definition) is 2. The van der Waals surface area contributed by atoms with Gasteiger partial charge in [-0.1, -0.05) is 48.5 Å². The average Bonchev–Trinajstić information content (AvgIpc) is 3.09. The van der Waals surface area contributed by atoms with Gasteiger partial charge in [0.1, 0.15) is 15.5 Å². The number of amides is 1. The highest BCUT2D eigenvalue weighted by Crippen LogP contribution is 2.43. The molecule has 0 bridgehead atoms. The summed E-state index contributed by atoms with van der Waals surface area (Å²) in [5, 5.41) is 3.78. The molecule has 4 aromatic rings. The Bertz CT molecular complexity index is 1260. The van der Waals surface area contributed by atoms with Gasteiger partial charge in [0.2, 0.25) is 0 Å². The maximum atomic E-state index is 12.9. The van der Waals surface area contributed by atoms with Gasteiger partial charge in [0.05, 0.1) is 18.5 Å². The fourth-order valence-corrected chi connectivity index (χ4v) is 4.54. The summed E-state index contributed by atoms with van der Waals surface area (Å²) in [6, 6.07) is 19.8. The van der Waals surface area contributed by atoms with Crippen molar-refractivity contribution >= 4 is 33.1 Å². The molecular weight excluding hydrogens is 406 g/mol. The van der Waals surface area contributed by atoms with Crippen LogP contribution in [-0.2, 0) is 0 Å². The molecule has 2 heterocycles. The minimum atomic E-state index is -0.367. The Morgan fingerprint density at radius 3 is 2.39 bits per heavy atom. The molecule has 31 heavy (non-hydrogen) atoms. The fraction of sp³-hybridized carbons (Fsp3) is 0.200. The van der Waals surface area contributed by atoms with Crippen LogP contribution in [0.3, 0.4) is 0 Å². The van der Waals surface area contributed by atoms with E-state index in [0.29, 0.717) is 10.6 Å². The van der Waals surface area contributed by atoms with Crippen LogP contribution in [0.5, 0.6) is 5.75 Å². The van der Waals surface area contributed by atoms with Gasteiger partial charge in [-0.05, 0) is 38.5 Å². The quantitative estimate of drug-likeness (QED) is 0.431. The molecule has 0 saturated heterocycles. The molecule has 0 radical (unpaired) electrons. The maximum absolute atomic E-state index is 12.9. The Labute approximate surface area is 185 Å². The third kappa shape index (κ3) is 4.11. The van der Waals surface area contributed by atoms with E-state index in [1.54, 1.807) is 7.11 Å². The van der Waals surface area contributed by atoms with Gasteiger partial charge in [-0.3, -0.25) is 4.79 Å². The van der Waals surface area contributed by atoms with Crippen molar-refractivity contribution < 1.29 is 9.53 Å². The van der Waals surface area contributed by atoms with Crippen LogP contribution in [0, 0.1) is 0 Å². The molecule has 0 saturated carbocycles. The van der Waals surface area contributed by atoms with Crippen molar-refractivity contribution in [2.45, 2.75) is 26.3 Å². The summed E-state index contributed by atoms with van der Waals surface area (Å²) < 4.78 is 5.62. The molecule has 158 valence electrons. The minimum absolute atomic E-state index is 0.194. The highest BCUT2D eigenvalue weighted by molar-refractivity contribution is 7.21. The molecule has 0 fully saturated rings. The first-order chi connectivity index (χ1) is 14.8. The molecule has 0 aliphatic rings. The van der Waals surface area contributed by atoms with Crippen molar-refractivity contribution in [2.75, 3.05) is 12.8 Å². The first-order valence-electron chi connectivity index (χ1n) is 10.0. The minimum Gasteiger partial charge on any atom is -0.496 e. The summed E-state index contributed by atoms with van der Waals surface area (Å²) >= 11 is 1.31. The maximum Gasteiger partial charge on any atom is 0.263 e. The molecule has 0 aliphatic carbocycles. The largest absolute Gasteiger partial charge is 0.496 e. The number of methoxy groups -OCH3 is 1. The number of thiophene rings is 1. The van der Waals surface area contributed by atoms with Crippen LogP contribution < -0.4 is 15.8 Å². The standard InChI is InChI=1S/C25H25N3O2S/c1-25(2,3)28-23(29)22-21(26)20-17(16-12-8-9-13-19(16)30-4)14-18(27-24(20)31-22)15-10-6-5-7-11-15/h5-14H,26H2,1-4H3,(H,28,29). The van der Waals surface area contributed by atoms with Gasteiger partial charge in [-0.2, -0.15) is 0 Å². The molecule has 6 heteroatoms. The summed E-state index contributed by atoms with van der Waals surface area (Å²) in [6.07, 6.45) is 0. The van der Waals surface area contributed by atoms with Crippen LogP contribution in [0.25, 0.3) is 32.6 Å². The molecule has 5 nitrogen and oxygen atoms in total. The fourth-order valence-electron chi connectivity index (χ4n) is 3.52. The number of hydrogen-bond acceptors (Lipinski definition) is 5. The van der Waals surface area contributed by atoms with Crippen LogP contribution in [0.1, 0.15) is 30.4 Å². The highest BCUT2D eigenvalue weighted by Gasteiger charge is 2.24. The number of nitrogen functional groups attached to an aromatic ring is 1. The Kier molecular flexibility index (Phi) is 5.41. The van der Waals surface area contributed by atoms with Crippen molar-refractivity contribution in [3.8, 4) is 28.1 Å². The molecule has 0 atom stereocenters. The number of para-hydroxylation sites is 1. The zero-order valence-corrected chi connectivity index (χ0v) is 18.8. The second kappa shape index (κ2) is 8.04. The Balaban J connectivity index is 2.00. The van der Waals surface area contributed by atoms with E-state index in [-0.39, 0.29) is 11.4 Å². The number of benzene rings is 2. The average molecular weight is 432 g/mol. The van der Waals surface area contributed by atoms with E-state index < -0.39 is 0 Å². The first kappa shape index (κ1) is 20.9. The van der Waals surface area contributed by atoms with Gasteiger partial charge in [-0.25, -0.2) is 4.98 Å². The number of carbonyl (C=O) groups excluding carboxylic acids is 1. The number of nitrogens with zero attached hydrogens (tertiary/aromatic N) is 1. The summed E-state index contributed by atoms with van der Waals surface area (Å²) in [7, 11) is 1.65. The molecule has 0 aliphatic heterocycles. The zero-order chi connectivity index (χ0) is 22.2.